The summed E-state index contributed by atoms with van der Waals surface area (Å²) in [6.07, 6.45) is 0. The average Bonchev–Trinajstić information content (AvgIpc) is 3.11. The Hall–Kier alpha value is -3.49. The van der Waals surface area contributed by atoms with Gasteiger partial charge in [0.2, 0.25) is 0 Å². The Labute approximate surface area is 155 Å². The number of primary amides is 1. The van der Waals surface area contributed by atoms with Gasteiger partial charge in [-0.2, -0.15) is 5.10 Å². The summed E-state index contributed by atoms with van der Waals surface area (Å²) in [5.74, 6) is -1.32. The number of nitrogens with two attached hydrogens (primary N) is 2. The molecular weight excluding hydrogens is 350 g/mol. The van der Waals surface area contributed by atoms with Crippen LogP contribution in [0.3, 0.4) is 0 Å². The number of phenols is 1. The molecule has 9 nitrogen and oxygen atoms in total. The zero-order valence-electron chi connectivity index (χ0n) is 15.5. The molecule has 3 aromatic rings. The molecule has 9 heteroatoms. The summed E-state index contributed by atoms with van der Waals surface area (Å²) >= 11 is 0. The number of ether oxygens (including phenoxy) is 1. The normalized spacial score (nSPS) is 11.1. The van der Waals surface area contributed by atoms with Crippen molar-refractivity contribution in [2.75, 3.05) is 12.8 Å². The van der Waals surface area contributed by atoms with Gasteiger partial charge in [0.25, 0.3) is 5.91 Å². The van der Waals surface area contributed by atoms with Crippen LogP contribution in [0.1, 0.15) is 38.9 Å². The number of hydrogen-bond acceptors (Lipinski definition) is 6. The first kappa shape index (κ1) is 18.3. The van der Waals surface area contributed by atoms with Crippen LogP contribution in [0.25, 0.3) is 16.7 Å². The number of benzene rings is 1. The Morgan fingerprint density at radius 3 is 2.52 bits per heavy atom. The van der Waals surface area contributed by atoms with Gasteiger partial charge >= 0.3 is 5.97 Å². The van der Waals surface area contributed by atoms with E-state index in [1.54, 1.807) is 30.5 Å². The van der Waals surface area contributed by atoms with E-state index < -0.39 is 11.9 Å². The molecule has 142 valence electrons. The van der Waals surface area contributed by atoms with Crippen molar-refractivity contribution in [3.63, 3.8) is 0 Å². The molecule has 0 saturated carbocycles. The van der Waals surface area contributed by atoms with Crippen molar-refractivity contribution in [3.8, 4) is 11.4 Å². The fraction of sp³-hybridized carbons (Fsp3) is 0.278. The highest BCUT2D eigenvalue weighted by Crippen LogP contribution is 2.37. The van der Waals surface area contributed by atoms with E-state index in [4.69, 9.17) is 16.2 Å². The molecule has 0 fully saturated rings. The highest BCUT2D eigenvalue weighted by atomic mass is 16.5. The lowest BCUT2D eigenvalue weighted by Gasteiger charge is -2.15. The summed E-state index contributed by atoms with van der Waals surface area (Å²) in [5, 5.41) is 14.8. The first-order chi connectivity index (χ1) is 12.7. The Kier molecular flexibility index (Phi) is 4.30. The molecule has 0 bridgehead atoms. The maximum absolute atomic E-state index is 12.4. The zero-order valence-corrected chi connectivity index (χ0v) is 15.5. The number of fused-ring (bicyclic) bond motifs is 1. The van der Waals surface area contributed by atoms with Gasteiger partial charge in [0.05, 0.1) is 23.7 Å². The molecule has 1 aromatic carbocycles. The summed E-state index contributed by atoms with van der Waals surface area (Å²) < 4.78 is 7.84. The van der Waals surface area contributed by atoms with Crippen LogP contribution in [0.2, 0.25) is 0 Å². The number of carbonyl (C=O) groups excluding carboxylic acids is 2. The minimum atomic E-state index is -0.785. The van der Waals surface area contributed by atoms with E-state index >= 15 is 0 Å². The van der Waals surface area contributed by atoms with Gasteiger partial charge in [-0.1, -0.05) is 6.07 Å². The summed E-state index contributed by atoms with van der Waals surface area (Å²) in [6, 6.07) is 3.30. The SMILES string of the molecule is CCn1nc2c(c(C(N)=O)c(N)n2-c2c(C)ccc(O)c2C)c1C(=O)OC. The van der Waals surface area contributed by atoms with Crippen molar-refractivity contribution in [1.82, 2.24) is 14.3 Å². The molecule has 0 aliphatic heterocycles. The maximum Gasteiger partial charge on any atom is 0.357 e. The number of methoxy groups -OCH3 is 1. The Bertz CT molecular complexity index is 1090. The van der Waals surface area contributed by atoms with Crippen LogP contribution < -0.4 is 11.5 Å². The number of phenolic OH excluding ortho intramolecular Hbond substituents is 1. The van der Waals surface area contributed by atoms with Gasteiger partial charge in [-0.05, 0) is 32.4 Å². The summed E-state index contributed by atoms with van der Waals surface area (Å²) in [7, 11) is 1.25. The van der Waals surface area contributed by atoms with Crippen LogP contribution in [0.5, 0.6) is 5.75 Å². The number of esters is 1. The summed E-state index contributed by atoms with van der Waals surface area (Å²) in [4.78, 5) is 24.5. The third-order valence-corrected chi connectivity index (χ3v) is 4.65. The first-order valence-corrected chi connectivity index (χ1v) is 8.32. The third kappa shape index (κ3) is 2.50. The predicted molar refractivity (Wildman–Crippen MR) is 100 cm³/mol. The molecule has 27 heavy (non-hydrogen) atoms. The number of hydrogen-bond donors (Lipinski definition) is 3. The van der Waals surface area contributed by atoms with Crippen LogP contribution in [0, 0.1) is 13.8 Å². The minimum Gasteiger partial charge on any atom is -0.508 e. The number of amides is 1. The maximum atomic E-state index is 12.4. The van der Waals surface area contributed by atoms with Crippen LogP contribution >= 0.6 is 0 Å². The molecule has 0 atom stereocenters. The quantitative estimate of drug-likeness (QED) is 0.596. The highest BCUT2D eigenvalue weighted by Gasteiger charge is 2.31. The number of aromatic nitrogens is 3. The summed E-state index contributed by atoms with van der Waals surface area (Å²) in [5.41, 5.74) is 14.1. The number of aryl methyl sites for hydroxylation is 2. The third-order valence-electron chi connectivity index (χ3n) is 4.65. The van der Waals surface area contributed by atoms with E-state index in [0.29, 0.717) is 23.4 Å². The number of aromatic hydroxyl groups is 1. The first-order valence-electron chi connectivity index (χ1n) is 8.32. The fourth-order valence-corrected chi connectivity index (χ4v) is 3.37. The lowest BCUT2D eigenvalue weighted by molar-refractivity contribution is 0.0589. The van der Waals surface area contributed by atoms with Crippen molar-refractivity contribution < 1.29 is 19.4 Å². The topological polar surface area (TPSA) is 138 Å². The van der Waals surface area contributed by atoms with Gasteiger partial charge < -0.3 is 21.3 Å². The van der Waals surface area contributed by atoms with E-state index in [2.05, 4.69) is 5.10 Å². The van der Waals surface area contributed by atoms with E-state index in [1.165, 1.54) is 11.8 Å². The molecule has 0 spiro atoms. The van der Waals surface area contributed by atoms with Crippen molar-refractivity contribution >= 4 is 28.7 Å². The van der Waals surface area contributed by atoms with Crippen molar-refractivity contribution in [2.24, 2.45) is 5.73 Å². The van der Waals surface area contributed by atoms with Crippen LogP contribution in [0.4, 0.5) is 5.82 Å². The molecule has 3 rings (SSSR count). The highest BCUT2D eigenvalue weighted by molar-refractivity contribution is 6.16. The van der Waals surface area contributed by atoms with Crippen molar-refractivity contribution in [1.29, 1.82) is 0 Å². The fourth-order valence-electron chi connectivity index (χ4n) is 3.37. The van der Waals surface area contributed by atoms with Gasteiger partial charge in [-0.15, -0.1) is 0 Å². The van der Waals surface area contributed by atoms with Crippen molar-refractivity contribution in [3.05, 3.63) is 34.5 Å². The summed E-state index contributed by atoms with van der Waals surface area (Å²) in [6.45, 7) is 5.75. The Morgan fingerprint density at radius 1 is 1.30 bits per heavy atom. The van der Waals surface area contributed by atoms with Gasteiger partial charge in [0.1, 0.15) is 11.6 Å². The van der Waals surface area contributed by atoms with Crippen molar-refractivity contribution in [2.45, 2.75) is 27.3 Å². The van der Waals surface area contributed by atoms with Crippen LogP contribution in [-0.2, 0) is 11.3 Å². The Balaban J connectivity index is 2.56. The second-order valence-corrected chi connectivity index (χ2v) is 6.19. The van der Waals surface area contributed by atoms with E-state index in [9.17, 15) is 14.7 Å². The molecule has 0 saturated heterocycles. The van der Waals surface area contributed by atoms with Gasteiger partial charge in [0.15, 0.2) is 11.3 Å². The standard InChI is InChI=1S/C18H21N5O4/c1-5-22-14(18(26)27-4)11-12(16(20)25)15(19)23(17(11)21-22)13-8(2)6-7-10(24)9(13)3/h6-7,24H,5,19H2,1-4H3,(H2,20,25). The number of carbonyl (C=O) groups is 2. The Morgan fingerprint density at radius 2 is 1.96 bits per heavy atom. The number of nitrogen functional groups attached to an aromatic ring is 1. The van der Waals surface area contributed by atoms with Gasteiger partial charge in [-0.25, -0.2) is 4.79 Å². The lowest BCUT2D eigenvalue weighted by atomic mass is 10.1. The molecule has 5 N–H and O–H groups in total. The lowest BCUT2D eigenvalue weighted by Crippen LogP contribution is -2.17. The molecule has 2 heterocycles. The molecule has 1 amide bonds. The number of rotatable bonds is 4. The zero-order chi connectivity index (χ0) is 20.0. The van der Waals surface area contributed by atoms with Crippen LogP contribution in [0.15, 0.2) is 12.1 Å². The largest absolute Gasteiger partial charge is 0.508 e. The molecule has 0 aliphatic rings. The molecule has 0 unspecified atom stereocenters. The molecule has 0 radical (unpaired) electrons. The second kappa shape index (κ2) is 6.35. The predicted octanol–water partition coefficient (Wildman–Crippen LogP) is 1.64. The second-order valence-electron chi connectivity index (χ2n) is 6.19. The van der Waals surface area contributed by atoms with Crippen LogP contribution in [-0.4, -0.2) is 38.4 Å². The van der Waals surface area contributed by atoms with E-state index in [1.807, 2.05) is 6.92 Å². The minimum absolute atomic E-state index is 0.00718. The number of anilines is 1. The molecular formula is C18H21N5O4. The monoisotopic (exact) mass is 371 g/mol. The van der Waals surface area contributed by atoms with E-state index in [-0.39, 0.29) is 28.2 Å². The van der Waals surface area contributed by atoms with Gasteiger partial charge in [-0.3, -0.25) is 14.0 Å². The smallest absolute Gasteiger partial charge is 0.357 e. The molecule has 0 aliphatic carbocycles. The van der Waals surface area contributed by atoms with Gasteiger partial charge in [0, 0.05) is 12.1 Å². The number of nitrogens with zero attached hydrogens (tertiary/aromatic N) is 3. The molecule has 2 aromatic heterocycles. The van der Waals surface area contributed by atoms with E-state index in [0.717, 1.165) is 5.56 Å². The average molecular weight is 371 g/mol.